The first-order valence-corrected chi connectivity index (χ1v) is 3.54. The van der Waals surface area contributed by atoms with Crippen LogP contribution in [0.3, 0.4) is 0 Å². The molecule has 12 heavy (non-hydrogen) atoms. The third kappa shape index (κ3) is 1.76. The van der Waals surface area contributed by atoms with Crippen molar-refractivity contribution in [3.63, 3.8) is 0 Å². The van der Waals surface area contributed by atoms with Crippen LogP contribution in [0, 0.1) is 17.7 Å². The molecule has 0 aliphatic carbocycles. The van der Waals surface area contributed by atoms with Crippen LogP contribution in [0.5, 0.6) is 5.75 Å². The van der Waals surface area contributed by atoms with Crippen molar-refractivity contribution in [2.45, 2.75) is 6.92 Å². The lowest BCUT2D eigenvalue weighted by atomic mass is 10.2. The Morgan fingerprint density at radius 2 is 2.17 bits per heavy atom. The first kappa shape index (κ1) is 8.61. The van der Waals surface area contributed by atoms with E-state index in [-0.39, 0.29) is 11.6 Å². The monoisotopic (exact) mass is 164 g/mol. The largest absolute Gasteiger partial charge is 0.494 e. The molecule has 1 aromatic rings. The normalized spacial score (nSPS) is 8.58. The zero-order valence-corrected chi connectivity index (χ0v) is 7.02. The van der Waals surface area contributed by atoms with Crippen LogP contribution in [0.4, 0.5) is 4.39 Å². The van der Waals surface area contributed by atoms with Crippen LogP contribution in [0.25, 0.3) is 0 Å². The zero-order chi connectivity index (χ0) is 8.97. The highest BCUT2D eigenvalue weighted by atomic mass is 19.1. The summed E-state index contributed by atoms with van der Waals surface area (Å²) in [5.74, 6) is 5.32. The van der Waals surface area contributed by atoms with E-state index < -0.39 is 0 Å². The van der Waals surface area contributed by atoms with Crippen molar-refractivity contribution >= 4 is 0 Å². The Morgan fingerprint density at radius 1 is 1.42 bits per heavy atom. The fraction of sp³-hybridized carbons (Fsp3) is 0.200. The van der Waals surface area contributed by atoms with Crippen LogP contribution in [-0.2, 0) is 0 Å². The summed E-state index contributed by atoms with van der Waals surface area (Å²) in [7, 11) is 1.43. The van der Waals surface area contributed by atoms with E-state index in [0.717, 1.165) is 0 Å². The predicted octanol–water partition coefficient (Wildman–Crippen LogP) is 2.21. The Hall–Kier alpha value is -1.49. The highest BCUT2D eigenvalue weighted by Crippen LogP contribution is 2.16. The lowest BCUT2D eigenvalue weighted by Crippen LogP contribution is -1.88. The van der Waals surface area contributed by atoms with Crippen molar-refractivity contribution in [2.24, 2.45) is 0 Å². The van der Waals surface area contributed by atoms with Crippen LogP contribution in [-0.4, -0.2) is 7.11 Å². The van der Waals surface area contributed by atoms with Crippen LogP contribution in [0.2, 0.25) is 0 Å². The van der Waals surface area contributed by atoms with E-state index in [2.05, 4.69) is 11.8 Å². The molecule has 1 rings (SSSR count). The van der Waals surface area contributed by atoms with Gasteiger partial charge in [0.2, 0.25) is 0 Å². The molecule has 0 bridgehead atoms. The van der Waals surface area contributed by atoms with Crippen molar-refractivity contribution in [3.8, 4) is 17.6 Å². The molecule has 0 saturated carbocycles. The topological polar surface area (TPSA) is 9.23 Å². The number of benzene rings is 1. The quantitative estimate of drug-likeness (QED) is 0.578. The summed E-state index contributed by atoms with van der Waals surface area (Å²) in [6.07, 6.45) is 0. The summed E-state index contributed by atoms with van der Waals surface area (Å²) in [6.45, 7) is 1.71. The molecule has 1 aromatic carbocycles. The number of rotatable bonds is 1. The highest BCUT2D eigenvalue weighted by Gasteiger charge is 2.00. The third-order valence-electron chi connectivity index (χ3n) is 1.42. The molecular weight excluding hydrogens is 155 g/mol. The molecule has 2 heteroatoms. The van der Waals surface area contributed by atoms with Crippen molar-refractivity contribution in [2.75, 3.05) is 7.11 Å². The van der Waals surface area contributed by atoms with Gasteiger partial charge in [0.25, 0.3) is 0 Å². The van der Waals surface area contributed by atoms with Crippen LogP contribution < -0.4 is 4.74 Å². The maximum Gasteiger partial charge on any atom is 0.166 e. The summed E-state index contributed by atoms with van der Waals surface area (Å²) < 4.78 is 17.7. The molecule has 0 spiro atoms. The summed E-state index contributed by atoms with van der Waals surface area (Å²) in [5, 5.41) is 0. The van der Waals surface area contributed by atoms with Gasteiger partial charge in [0, 0.05) is 5.56 Å². The van der Waals surface area contributed by atoms with E-state index >= 15 is 0 Å². The molecule has 0 unspecified atom stereocenters. The molecule has 0 atom stereocenters. The number of halogens is 1. The van der Waals surface area contributed by atoms with E-state index in [4.69, 9.17) is 4.74 Å². The molecule has 0 saturated heterocycles. The van der Waals surface area contributed by atoms with Gasteiger partial charge in [-0.2, -0.15) is 0 Å². The number of hydrogen-bond acceptors (Lipinski definition) is 1. The lowest BCUT2D eigenvalue weighted by Gasteiger charge is -2.00. The van der Waals surface area contributed by atoms with Gasteiger partial charge >= 0.3 is 0 Å². The van der Waals surface area contributed by atoms with Crippen LogP contribution in [0.15, 0.2) is 18.2 Å². The fourth-order valence-corrected chi connectivity index (χ4v) is 0.888. The molecule has 0 aliphatic heterocycles. The molecule has 62 valence electrons. The van der Waals surface area contributed by atoms with Crippen molar-refractivity contribution in [1.29, 1.82) is 0 Å². The van der Waals surface area contributed by atoms with Crippen molar-refractivity contribution in [1.82, 2.24) is 0 Å². The standard InChI is InChI=1S/C10H9FO/c1-3-4-8-5-6-10(12-2)9(11)7-8/h5-7H,1-2H3. The molecule has 1 nitrogen and oxygen atoms in total. The van der Waals surface area contributed by atoms with E-state index in [9.17, 15) is 4.39 Å². The number of hydrogen-bond donors (Lipinski definition) is 0. The molecular formula is C10H9FO. The highest BCUT2D eigenvalue weighted by molar-refractivity contribution is 5.38. The van der Waals surface area contributed by atoms with E-state index in [0.29, 0.717) is 5.56 Å². The zero-order valence-electron chi connectivity index (χ0n) is 7.02. The van der Waals surface area contributed by atoms with E-state index in [1.807, 2.05) is 0 Å². The maximum absolute atomic E-state index is 13.0. The second kappa shape index (κ2) is 3.77. The molecule has 0 aromatic heterocycles. The van der Waals surface area contributed by atoms with Gasteiger partial charge in [-0.25, -0.2) is 4.39 Å². The summed E-state index contributed by atoms with van der Waals surface area (Å²) >= 11 is 0. The minimum Gasteiger partial charge on any atom is -0.494 e. The Bertz CT molecular complexity index is 333. The third-order valence-corrected chi connectivity index (χ3v) is 1.42. The van der Waals surface area contributed by atoms with E-state index in [1.54, 1.807) is 19.1 Å². The second-order valence-electron chi connectivity index (χ2n) is 2.22. The maximum atomic E-state index is 13.0. The van der Waals surface area contributed by atoms with Gasteiger partial charge in [0.15, 0.2) is 11.6 Å². The number of ether oxygens (including phenoxy) is 1. The van der Waals surface area contributed by atoms with Gasteiger partial charge in [-0.1, -0.05) is 5.92 Å². The van der Waals surface area contributed by atoms with E-state index in [1.165, 1.54) is 13.2 Å². The SMILES string of the molecule is CC#Cc1ccc(OC)c(F)c1. The van der Waals surface area contributed by atoms with Gasteiger partial charge in [0.05, 0.1) is 7.11 Å². The summed E-state index contributed by atoms with van der Waals surface area (Å²) in [4.78, 5) is 0. The summed E-state index contributed by atoms with van der Waals surface area (Å²) in [6, 6.07) is 4.64. The Kier molecular flexibility index (Phi) is 2.71. The molecule has 0 radical (unpaired) electrons. The van der Waals surface area contributed by atoms with Crippen molar-refractivity contribution in [3.05, 3.63) is 29.6 Å². The molecule has 0 fully saturated rings. The van der Waals surface area contributed by atoms with Gasteiger partial charge in [0.1, 0.15) is 0 Å². The predicted molar refractivity (Wildman–Crippen MR) is 45.5 cm³/mol. The van der Waals surface area contributed by atoms with Crippen LogP contribution in [0.1, 0.15) is 12.5 Å². The van der Waals surface area contributed by atoms with Crippen molar-refractivity contribution < 1.29 is 9.13 Å². The molecule has 0 amide bonds. The molecule has 0 N–H and O–H groups in total. The average molecular weight is 164 g/mol. The minimum atomic E-state index is -0.377. The Balaban J connectivity index is 3.07. The lowest BCUT2D eigenvalue weighted by molar-refractivity contribution is 0.386. The Labute approximate surface area is 71.2 Å². The van der Waals surface area contributed by atoms with Gasteiger partial charge in [-0.3, -0.25) is 0 Å². The molecule has 0 heterocycles. The van der Waals surface area contributed by atoms with Gasteiger partial charge in [-0.15, -0.1) is 5.92 Å². The minimum absolute atomic E-state index is 0.247. The summed E-state index contributed by atoms with van der Waals surface area (Å²) in [5.41, 5.74) is 0.663. The first-order chi connectivity index (χ1) is 5.77. The molecule has 0 aliphatic rings. The fourth-order valence-electron chi connectivity index (χ4n) is 0.888. The smallest absolute Gasteiger partial charge is 0.166 e. The Morgan fingerprint density at radius 3 is 2.67 bits per heavy atom. The number of methoxy groups -OCH3 is 1. The average Bonchev–Trinajstić information content (AvgIpc) is 2.05. The van der Waals surface area contributed by atoms with Gasteiger partial charge in [-0.05, 0) is 25.1 Å². The van der Waals surface area contributed by atoms with Gasteiger partial charge < -0.3 is 4.74 Å². The van der Waals surface area contributed by atoms with Crippen LogP contribution >= 0.6 is 0 Å². The second-order valence-corrected chi connectivity index (χ2v) is 2.22. The first-order valence-electron chi connectivity index (χ1n) is 3.54.